The van der Waals surface area contributed by atoms with Crippen LogP contribution < -0.4 is 16.0 Å². The van der Waals surface area contributed by atoms with Crippen molar-refractivity contribution in [2.24, 2.45) is 41.4 Å². The number of esters is 1. The number of carbonyl (C=O) groups is 13. The lowest BCUT2D eigenvalue weighted by Gasteiger charge is -2.43. The quantitative estimate of drug-likeness (QED) is 0.128. The highest BCUT2D eigenvalue weighted by Crippen LogP contribution is 2.50. The Bertz CT molecular complexity index is 3350. The first-order valence-electron chi connectivity index (χ1n) is 36.4. The van der Waals surface area contributed by atoms with Crippen molar-refractivity contribution in [3.63, 3.8) is 0 Å². The van der Waals surface area contributed by atoms with Crippen molar-refractivity contribution in [3.05, 3.63) is 29.8 Å². The first-order valence-corrected chi connectivity index (χ1v) is 36.4. The van der Waals surface area contributed by atoms with Gasteiger partial charge in [0.2, 0.25) is 71.2 Å². The number of anilines is 1. The van der Waals surface area contributed by atoms with Gasteiger partial charge in [0.1, 0.15) is 72.2 Å². The van der Waals surface area contributed by atoms with Crippen LogP contribution in [0.5, 0.6) is 0 Å². The highest BCUT2D eigenvalue weighted by molar-refractivity contribution is 6.00. The molecule has 0 radical (unpaired) electrons. The predicted octanol–water partition coefficient (Wildman–Crippen LogP) is 1.08. The van der Waals surface area contributed by atoms with Gasteiger partial charge in [0, 0.05) is 87.0 Å². The number of amides is 12. The Morgan fingerprint density at radius 1 is 0.514 bits per heavy atom. The number of hydrogen-bond acceptors (Lipinski definition) is 19. The highest BCUT2D eigenvalue weighted by atomic mass is 16.5. The molecule has 592 valence electrons. The molecule has 1 aromatic carbocycles. The van der Waals surface area contributed by atoms with Crippen molar-refractivity contribution >= 4 is 82.5 Å². The normalized spacial score (nSPS) is 28.2. The lowest BCUT2D eigenvalue weighted by molar-refractivity contribution is -0.168. The maximum absolute atomic E-state index is 15.5. The molecule has 0 bridgehead atoms. The maximum Gasteiger partial charge on any atom is 0.308 e. The number of hydrogen-bond donors (Lipinski definition) is 7. The van der Waals surface area contributed by atoms with Crippen molar-refractivity contribution in [3.8, 4) is 0 Å². The third-order valence-corrected chi connectivity index (χ3v) is 21.3. The topological polar surface area (TPSA) is 381 Å². The van der Waals surface area contributed by atoms with Crippen molar-refractivity contribution in [2.45, 2.75) is 240 Å². The summed E-state index contributed by atoms with van der Waals surface area (Å²) < 4.78 is 5.70. The second-order valence-corrected chi connectivity index (χ2v) is 32.0. The van der Waals surface area contributed by atoms with Crippen LogP contribution in [-0.2, 0) is 72.7 Å². The van der Waals surface area contributed by atoms with Gasteiger partial charge >= 0.3 is 5.97 Å². The lowest BCUT2D eigenvalue weighted by atomic mass is 9.90. The van der Waals surface area contributed by atoms with E-state index in [0.717, 1.165) is 48.4 Å². The molecule has 16 atom stereocenters. The Hall–Kier alpha value is -8.03. The number of carbonyl (C=O) groups excluding carboxylic acids is 13. The van der Waals surface area contributed by atoms with Crippen LogP contribution in [0.2, 0.25) is 0 Å². The van der Waals surface area contributed by atoms with E-state index in [-0.39, 0.29) is 6.42 Å². The van der Waals surface area contributed by atoms with E-state index >= 15 is 43.2 Å². The molecule has 0 spiro atoms. The summed E-state index contributed by atoms with van der Waals surface area (Å²) in [5.74, 6) is -16.6. The summed E-state index contributed by atoms with van der Waals surface area (Å²) in [5.41, 5.74) is -4.74. The van der Waals surface area contributed by atoms with Gasteiger partial charge in [-0.15, -0.1) is 0 Å². The van der Waals surface area contributed by atoms with Crippen molar-refractivity contribution in [1.29, 1.82) is 0 Å². The van der Waals surface area contributed by atoms with E-state index < -0.39 is 227 Å². The Morgan fingerprint density at radius 3 is 1.45 bits per heavy atom. The van der Waals surface area contributed by atoms with E-state index in [1.54, 1.807) is 107 Å². The molecular formula is C74H123N13O18. The number of fused-ring (bicyclic) bond motifs is 5. The first-order chi connectivity index (χ1) is 48.2. The van der Waals surface area contributed by atoms with E-state index in [9.17, 15) is 39.6 Å². The molecule has 4 rings (SSSR count). The number of nitrogens with one attached hydrogen (secondary N) is 3. The Kier molecular flexibility index (Phi) is 30.3. The van der Waals surface area contributed by atoms with E-state index in [1.807, 2.05) is 0 Å². The third kappa shape index (κ3) is 19.8. The Morgan fingerprint density at radius 2 is 0.952 bits per heavy atom. The van der Waals surface area contributed by atoms with Crippen LogP contribution >= 0.6 is 0 Å². The summed E-state index contributed by atoms with van der Waals surface area (Å²) in [7, 11) is 11.5. The van der Waals surface area contributed by atoms with E-state index in [0.29, 0.717) is 29.0 Å². The van der Waals surface area contributed by atoms with Gasteiger partial charge in [0.15, 0.2) is 0 Å². The van der Waals surface area contributed by atoms with Crippen LogP contribution in [0.1, 0.15) is 156 Å². The minimum Gasteiger partial charge on any atom is -0.462 e. The van der Waals surface area contributed by atoms with Gasteiger partial charge in [-0.25, -0.2) is 0 Å². The first kappa shape index (κ1) is 89.4. The number of ether oxygens (including phenoxy) is 1. The smallest absolute Gasteiger partial charge is 0.308 e. The molecule has 7 N–H and O–H groups in total. The summed E-state index contributed by atoms with van der Waals surface area (Å²) in [6.45, 7) is 26.7. The molecule has 105 heavy (non-hydrogen) atoms. The zero-order valence-electron chi connectivity index (χ0n) is 67.0. The molecule has 2 fully saturated rings. The number of aliphatic hydroxyl groups excluding tert-OH is 1. The number of aliphatic hydroxyl groups is 4. The molecule has 0 aliphatic carbocycles. The molecule has 3 heterocycles. The molecule has 5 unspecified atom stereocenters. The average Bonchev–Trinajstić information content (AvgIpc) is 1.55. The van der Waals surface area contributed by atoms with Crippen LogP contribution in [0, 0.1) is 41.4 Å². The lowest BCUT2D eigenvalue weighted by Crippen LogP contribution is -2.65. The van der Waals surface area contributed by atoms with Gasteiger partial charge in [-0.05, 0) is 76.2 Å². The zero-order valence-corrected chi connectivity index (χ0v) is 67.0. The Balaban J connectivity index is 2.00. The van der Waals surface area contributed by atoms with Crippen LogP contribution in [0.4, 0.5) is 5.69 Å². The molecule has 0 aromatic heterocycles. The molecule has 0 saturated carbocycles. The van der Waals surface area contributed by atoms with Gasteiger partial charge in [-0.2, -0.15) is 0 Å². The Labute approximate surface area is 620 Å². The molecule has 1 aromatic rings. The predicted molar refractivity (Wildman–Crippen MR) is 390 cm³/mol. The standard InChI is InChI=1S/C74H123N13O18/c1-28-42(11)53-64(95)82(23)56(41(9)10)67(98)83(24)55(40(7)8)65(96)78(19)36-49(88)80(21)59(73(17,18)103)69(100)85(26)58(44(13)45(14)105-51(90)35-72(15,16)102)68(99)86(27)70(101)61(92)76-52(38(3)4)63(94)84(25)57(43(12)29-2)66(97)79(20)37-50(89)87-48(62(93)81(22)54(39(5)6)60(91)77-53)34-74(104)46-32-30-31-33-47(46)75-71(74)87/h30-33,38-45,48,52-59,70-71,75,101-104H,28-29,34-37H2,1-27H3,(H,76,92)(H,77,91)/t42?,43?,44?,45?,48-,52-,53-,54-,55-,56-,57-,58-,59+,70+,71?,74+/m0/s1. The molecule has 3 aliphatic heterocycles. The number of rotatable bonds is 14. The van der Waals surface area contributed by atoms with Gasteiger partial charge in [0.05, 0.1) is 30.7 Å². The van der Waals surface area contributed by atoms with Gasteiger partial charge in [0.25, 0.3) is 5.91 Å². The fourth-order valence-corrected chi connectivity index (χ4v) is 14.7. The minimum absolute atomic E-state index is 0.295. The number of likely N-dealkylation sites (N-methyl/N-ethyl adjacent to an activating group) is 9. The number of para-hydroxylation sites is 1. The van der Waals surface area contributed by atoms with Gasteiger partial charge < -0.3 is 90.1 Å². The van der Waals surface area contributed by atoms with Crippen molar-refractivity contribution < 1.29 is 87.5 Å². The van der Waals surface area contributed by atoms with Gasteiger partial charge in [-0.3, -0.25) is 62.3 Å². The molecule has 31 heteroatoms. The molecule has 31 nitrogen and oxygen atoms in total. The summed E-state index contributed by atoms with van der Waals surface area (Å²) in [6, 6.07) is -6.51. The second-order valence-electron chi connectivity index (χ2n) is 32.0. The fraction of sp³-hybridized carbons (Fsp3) is 0.743. The highest BCUT2D eigenvalue weighted by Gasteiger charge is 2.61. The second kappa shape index (κ2) is 35.6. The summed E-state index contributed by atoms with van der Waals surface area (Å²) in [4.78, 5) is 205. The summed E-state index contributed by atoms with van der Waals surface area (Å²) in [6.07, 6.45) is -5.24. The fourth-order valence-electron chi connectivity index (χ4n) is 14.7. The van der Waals surface area contributed by atoms with Crippen LogP contribution in [0.15, 0.2) is 24.3 Å². The molecular weight excluding hydrogens is 1360 g/mol. The minimum atomic E-state index is -2.44. The molecule has 3 aliphatic rings. The van der Waals surface area contributed by atoms with E-state index in [1.165, 1.54) is 101 Å². The van der Waals surface area contributed by atoms with E-state index in [2.05, 4.69) is 16.0 Å². The monoisotopic (exact) mass is 1480 g/mol. The van der Waals surface area contributed by atoms with E-state index in [4.69, 9.17) is 4.74 Å². The number of nitrogens with zero attached hydrogens (tertiary/aromatic N) is 10. The SMILES string of the molecule is CCC(C)[C@@H]1NC(=O)[C@H](C(C)C)N(C)C(=O)[C@@H]2C[C@@]3(O)c4ccccc4NC3N2C(=O)CN(C)C(=O)[C@H](C(C)CC)N(C)C(=O)[C@H](C(C)C)NC(=O)[C@@H](O)N(C)C(=O)[C@H](C(C)C(C)OC(=O)CC(C)(C)O)N(C)C(=O)[C@H](C(C)(C)O)N(C)C(=O)CN(C)C(=O)[C@H](C(C)C)N(C)C(=O)[C@H](C(C)C)N(C)C1=O. The molecule has 2 saturated heterocycles. The van der Waals surface area contributed by atoms with Crippen LogP contribution in [-0.4, -0.2) is 307 Å². The van der Waals surface area contributed by atoms with Gasteiger partial charge in [-0.1, -0.05) is 121 Å². The summed E-state index contributed by atoms with van der Waals surface area (Å²) in [5, 5.41) is 55.8. The third-order valence-electron chi connectivity index (χ3n) is 21.3. The average molecular weight is 1480 g/mol. The number of benzene rings is 1. The molecule has 12 amide bonds. The van der Waals surface area contributed by atoms with Crippen molar-refractivity contribution in [1.82, 2.24) is 59.6 Å². The van der Waals surface area contributed by atoms with Crippen LogP contribution in [0.25, 0.3) is 0 Å². The van der Waals surface area contributed by atoms with Crippen molar-refractivity contribution in [2.75, 3.05) is 81.8 Å². The largest absolute Gasteiger partial charge is 0.462 e. The van der Waals surface area contributed by atoms with Crippen LogP contribution in [0.3, 0.4) is 0 Å². The zero-order chi connectivity index (χ0) is 80.8. The summed E-state index contributed by atoms with van der Waals surface area (Å²) >= 11 is 0. The maximum atomic E-state index is 15.5.